The van der Waals surface area contributed by atoms with E-state index in [1.54, 1.807) is 0 Å². The Labute approximate surface area is 118 Å². The van der Waals surface area contributed by atoms with Crippen molar-refractivity contribution in [3.05, 3.63) is 0 Å². The average Bonchev–Trinajstić information content (AvgIpc) is 2.41. The normalized spacial score (nSPS) is 34.1. The highest BCUT2D eigenvalue weighted by molar-refractivity contribution is 4.91. The van der Waals surface area contributed by atoms with Crippen LogP contribution in [0.25, 0.3) is 0 Å². The van der Waals surface area contributed by atoms with Gasteiger partial charge in [0.15, 0.2) is 0 Å². The molecule has 0 aromatic carbocycles. The summed E-state index contributed by atoms with van der Waals surface area (Å²) in [5, 5.41) is 14.3. The second-order valence-corrected chi connectivity index (χ2v) is 7.39. The third-order valence-electron chi connectivity index (χ3n) is 5.08. The summed E-state index contributed by atoms with van der Waals surface area (Å²) in [5.41, 5.74) is -0.0618. The first-order valence-electron chi connectivity index (χ1n) is 8.00. The molecule has 1 saturated heterocycles. The zero-order chi connectivity index (χ0) is 13.9. The molecular formula is C16H31NO2. The molecule has 1 saturated carbocycles. The molecule has 0 bridgehead atoms. The van der Waals surface area contributed by atoms with Crippen molar-refractivity contribution in [1.82, 2.24) is 5.32 Å². The number of hydrogen-bond acceptors (Lipinski definition) is 3. The molecule has 0 spiro atoms. The third-order valence-corrected chi connectivity index (χ3v) is 5.08. The van der Waals surface area contributed by atoms with E-state index in [1.165, 1.54) is 0 Å². The first-order valence-corrected chi connectivity index (χ1v) is 8.00. The zero-order valence-corrected chi connectivity index (χ0v) is 12.9. The Morgan fingerprint density at radius 3 is 2.53 bits per heavy atom. The molecule has 1 aliphatic carbocycles. The second kappa shape index (κ2) is 6.11. The molecule has 2 unspecified atom stereocenters. The topological polar surface area (TPSA) is 41.5 Å². The van der Waals surface area contributed by atoms with Crippen LogP contribution in [-0.2, 0) is 4.74 Å². The maximum absolute atomic E-state index is 10.7. The first kappa shape index (κ1) is 15.3. The summed E-state index contributed by atoms with van der Waals surface area (Å²) < 4.78 is 5.70. The van der Waals surface area contributed by atoms with Crippen molar-refractivity contribution in [2.45, 2.75) is 83.5 Å². The molecule has 2 N–H and O–H groups in total. The van der Waals surface area contributed by atoms with Gasteiger partial charge < -0.3 is 15.2 Å². The first-order chi connectivity index (χ1) is 8.92. The molecule has 0 amide bonds. The fraction of sp³-hybridized carbons (Fsp3) is 1.00. The molecule has 19 heavy (non-hydrogen) atoms. The summed E-state index contributed by atoms with van der Waals surface area (Å²) in [4.78, 5) is 0. The van der Waals surface area contributed by atoms with E-state index in [-0.39, 0.29) is 0 Å². The van der Waals surface area contributed by atoms with E-state index >= 15 is 0 Å². The molecule has 112 valence electrons. The Balaban J connectivity index is 1.75. The van der Waals surface area contributed by atoms with Crippen LogP contribution < -0.4 is 5.32 Å². The lowest BCUT2D eigenvalue weighted by Gasteiger charge is -2.41. The highest BCUT2D eigenvalue weighted by Crippen LogP contribution is 2.39. The van der Waals surface area contributed by atoms with Gasteiger partial charge in [0, 0.05) is 19.2 Å². The minimum atomic E-state index is -0.477. The van der Waals surface area contributed by atoms with Gasteiger partial charge in [-0.05, 0) is 50.4 Å². The standard InChI is InChI=1S/C16H31NO2/c1-4-14-11-13(5-10-19-14)17-12-16(18)8-6-15(2,3)7-9-16/h13-14,17-18H,4-12H2,1-3H3. The summed E-state index contributed by atoms with van der Waals surface area (Å²) in [6.45, 7) is 8.42. The van der Waals surface area contributed by atoms with Crippen molar-refractivity contribution in [2.24, 2.45) is 5.41 Å². The maximum Gasteiger partial charge on any atom is 0.0772 e. The van der Waals surface area contributed by atoms with Gasteiger partial charge >= 0.3 is 0 Å². The number of ether oxygens (including phenoxy) is 1. The minimum absolute atomic E-state index is 0.409. The fourth-order valence-corrected chi connectivity index (χ4v) is 3.25. The van der Waals surface area contributed by atoms with E-state index in [0.717, 1.165) is 58.1 Å². The Bertz CT molecular complexity index is 280. The van der Waals surface area contributed by atoms with Gasteiger partial charge in [-0.25, -0.2) is 0 Å². The minimum Gasteiger partial charge on any atom is -0.389 e. The maximum atomic E-state index is 10.7. The Kier molecular flexibility index (Phi) is 4.91. The average molecular weight is 269 g/mol. The largest absolute Gasteiger partial charge is 0.389 e. The monoisotopic (exact) mass is 269 g/mol. The molecule has 1 aliphatic heterocycles. The van der Waals surface area contributed by atoms with Crippen molar-refractivity contribution in [3.63, 3.8) is 0 Å². The molecule has 2 fully saturated rings. The van der Waals surface area contributed by atoms with Gasteiger partial charge in [-0.3, -0.25) is 0 Å². The van der Waals surface area contributed by atoms with E-state index in [0.29, 0.717) is 17.6 Å². The van der Waals surface area contributed by atoms with E-state index in [4.69, 9.17) is 4.74 Å². The van der Waals surface area contributed by atoms with Crippen LogP contribution in [0.2, 0.25) is 0 Å². The van der Waals surface area contributed by atoms with Crippen LogP contribution in [-0.4, -0.2) is 36.0 Å². The number of hydrogen-bond donors (Lipinski definition) is 2. The molecule has 2 rings (SSSR count). The Hall–Kier alpha value is -0.120. The van der Waals surface area contributed by atoms with Crippen molar-refractivity contribution in [3.8, 4) is 0 Å². The SMILES string of the molecule is CCC1CC(NCC2(O)CCC(C)(C)CC2)CCO1. The van der Waals surface area contributed by atoms with Crippen LogP contribution in [0.5, 0.6) is 0 Å². The molecule has 2 aliphatic rings. The predicted molar refractivity (Wildman–Crippen MR) is 78.3 cm³/mol. The summed E-state index contributed by atoms with van der Waals surface area (Å²) in [6.07, 6.45) is 7.83. The van der Waals surface area contributed by atoms with Crippen molar-refractivity contribution >= 4 is 0 Å². The second-order valence-electron chi connectivity index (χ2n) is 7.39. The van der Waals surface area contributed by atoms with Gasteiger partial charge in [0.25, 0.3) is 0 Å². The van der Waals surface area contributed by atoms with Crippen molar-refractivity contribution < 1.29 is 9.84 Å². The van der Waals surface area contributed by atoms with E-state index in [9.17, 15) is 5.11 Å². The van der Waals surface area contributed by atoms with E-state index < -0.39 is 5.60 Å². The van der Waals surface area contributed by atoms with Gasteiger partial charge in [-0.1, -0.05) is 20.8 Å². The Morgan fingerprint density at radius 1 is 1.21 bits per heavy atom. The molecule has 3 heteroatoms. The van der Waals surface area contributed by atoms with E-state index in [1.807, 2.05) is 0 Å². The molecule has 0 aromatic heterocycles. The highest BCUT2D eigenvalue weighted by atomic mass is 16.5. The van der Waals surface area contributed by atoms with Gasteiger partial charge in [-0.2, -0.15) is 0 Å². The van der Waals surface area contributed by atoms with Gasteiger partial charge in [0.05, 0.1) is 11.7 Å². The molecule has 1 heterocycles. The van der Waals surface area contributed by atoms with Crippen LogP contribution in [0, 0.1) is 5.41 Å². The van der Waals surface area contributed by atoms with E-state index in [2.05, 4.69) is 26.1 Å². The van der Waals surface area contributed by atoms with Crippen LogP contribution in [0.3, 0.4) is 0 Å². The van der Waals surface area contributed by atoms with Crippen LogP contribution >= 0.6 is 0 Å². The van der Waals surface area contributed by atoms with Gasteiger partial charge in [-0.15, -0.1) is 0 Å². The van der Waals surface area contributed by atoms with Crippen molar-refractivity contribution in [2.75, 3.05) is 13.2 Å². The summed E-state index contributed by atoms with van der Waals surface area (Å²) in [6, 6.07) is 0.526. The summed E-state index contributed by atoms with van der Waals surface area (Å²) in [5.74, 6) is 0. The summed E-state index contributed by atoms with van der Waals surface area (Å²) in [7, 11) is 0. The highest BCUT2D eigenvalue weighted by Gasteiger charge is 2.37. The molecule has 0 aromatic rings. The predicted octanol–water partition coefficient (Wildman–Crippen LogP) is 2.86. The lowest BCUT2D eigenvalue weighted by Crippen LogP contribution is -2.49. The molecular weight excluding hydrogens is 238 g/mol. The number of rotatable bonds is 4. The smallest absolute Gasteiger partial charge is 0.0772 e. The lowest BCUT2D eigenvalue weighted by molar-refractivity contribution is -0.0365. The third kappa shape index (κ3) is 4.44. The zero-order valence-electron chi connectivity index (χ0n) is 12.9. The number of nitrogens with one attached hydrogen (secondary N) is 1. The fourth-order valence-electron chi connectivity index (χ4n) is 3.25. The quantitative estimate of drug-likeness (QED) is 0.824. The molecule has 2 atom stereocenters. The molecule has 0 radical (unpaired) electrons. The van der Waals surface area contributed by atoms with Crippen LogP contribution in [0.15, 0.2) is 0 Å². The Morgan fingerprint density at radius 2 is 1.89 bits per heavy atom. The number of aliphatic hydroxyl groups is 1. The lowest BCUT2D eigenvalue weighted by atomic mass is 9.71. The van der Waals surface area contributed by atoms with Crippen LogP contribution in [0.1, 0.15) is 65.7 Å². The van der Waals surface area contributed by atoms with Crippen LogP contribution in [0.4, 0.5) is 0 Å². The summed E-state index contributed by atoms with van der Waals surface area (Å²) >= 11 is 0. The van der Waals surface area contributed by atoms with Gasteiger partial charge in [0.1, 0.15) is 0 Å². The van der Waals surface area contributed by atoms with Crippen molar-refractivity contribution in [1.29, 1.82) is 0 Å². The van der Waals surface area contributed by atoms with Gasteiger partial charge in [0.2, 0.25) is 0 Å². The molecule has 3 nitrogen and oxygen atoms in total.